The van der Waals surface area contributed by atoms with Crippen molar-refractivity contribution in [1.29, 1.82) is 0 Å². The Morgan fingerprint density at radius 1 is 1.55 bits per heavy atom. The largest absolute Gasteiger partial charge is 0.480 e. The predicted octanol–water partition coefficient (Wildman–Crippen LogP) is -0.868. The van der Waals surface area contributed by atoms with Gasteiger partial charge in [0.25, 0.3) is 0 Å². The first-order valence-electron chi connectivity index (χ1n) is 2.89. The fourth-order valence-corrected chi connectivity index (χ4v) is 0.790. The Morgan fingerprint density at radius 3 is 2.45 bits per heavy atom. The van der Waals surface area contributed by atoms with Crippen LogP contribution in [-0.2, 0) is 19.4 Å². The van der Waals surface area contributed by atoms with Gasteiger partial charge in [-0.2, -0.15) is 0 Å². The van der Waals surface area contributed by atoms with Crippen LogP contribution in [0.1, 0.15) is 0 Å². The highest BCUT2D eigenvalue weighted by Crippen LogP contribution is 1.83. The summed E-state index contributed by atoms with van der Waals surface area (Å²) in [6.45, 7) is -0.513. The molecule has 0 aromatic carbocycles. The van der Waals surface area contributed by atoms with E-state index in [-0.39, 0.29) is 12.4 Å². The molecule has 0 aromatic heterocycles. The zero-order valence-corrected chi connectivity index (χ0v) is 6.93. The molecule has 0 spiro atoms. The minimum atomic E-state index is -3.04. The minimum Gasteiger partial charge on any atom is -0.480 e. The van der Waals surface area contributed by atoms with Gasteiger partial charge < -0.3 is 9.84 Å². The molecule has 0 aliphatic heterocycles. The molecule has 0 heterocycles. The molecule has 6 heteroatoms. The fourth-order valence-electron chi connectivity index (χ4n) is 0.370. The lowest BCUT2D eigenvalue weighted by atomic mass is 10.7. The Hall–Kier alpha value is -0.620. The van der Waals surface area contributed by atoms with Crippen molar-refractivity contribution >= 4 is 15.8 Å². The van der Waals surface area contributed by atoms with Crippen LogP contribution in [0.4, 0.5) is 0 Å². The molecular formula is C5H10O5S. The molecule has 0 radical (unpaired) electrons. The van der Waals surface area contributed by atoms with Gasteiger partial charge >= 0.3 is 5.97 Å². The number of carboxylic acids is 1. The van der Waals surface area contributed by atoms with Gasteiger partial charge in [-0.1, -0.05) is 0 Å². The molecule has 11 heavy (non-hydrogen) atoms. The number of hydrogen-bond acceptors (Lipinski definition) is 4. The molecule has 0 bridgehead atoms. The highest BCUT2D eigenvalue weighted by atomic mass is 32.2. The van der Waals surface area contributed by atoms with Gasteiger partial charge in [0.05, 0.1) is 12.4 Å². The van der Waals surface area contributed by atoms with Gasteiger partial charge in [-0.25, -0.2) is 13.2 Å². The third kappa shape index (κ3) is 9.38. The van der Waals surface area contributed by atoms with Crippen molar-refractivity contribution in [2.24, 2.45) is 0 Å². The van der Waals surface area contributed by atoms with Crippen LogP contribution in [0.2, 0.25) is 0 Å². The number of rotatable bonds is 5. The highest BCUT2D eigenvalue weighted by Gasteiger charge is 2.02. The predicted molar refractivity (Wildman–Crippen MR) is 38.2 cm³/mol. The number of hydrogen-bond donors (Lipinski definition) is 1. The number of carbonyl (C=O) groups is 1. The third-order valence-electron chi connectivity index (χ3n) is 0.824. The molecule has 0 rings (SSSR count). The molecule has 0 aliphatic carbocycles. The van der Waals surface area contributed by atoms with Crippen molar-refractivity contribution in [3.63, 3.8) is 0 Å². The molecule has 0 saturated carbocycles. The summed E-state index contributed by atoms with van der Waals surface area (Å²) in [6, 6.07) is 0. The van der Waals surface area contributed by atoms with Gasteiger partial charge in [-0.3, -0.25) is 0 Å². The molecule has 0 amide bonds. The van der Waals surface area contributed by atoms with Gasteiger partial charge in [0, 0.05) is 6.26 Å². The molecule has 66 valence electrons. The van der Waals surface area contributed by atoms with Crippen LogP contribution in [0.3, 0.4) is 0 Å². The summed E-state index contributed by atoms with van der Waals surface area (Å²) in [5, 5.41) is 8.07. The van der Waals surface area contributed by atoms with Gasteiger partial charge in [-0.15, -0.1) is 0 Å². The first kappa shape index (κ1) is 10.4. The number of sulfone groups is 1. The van der Waals surface area contributed by atoms with Gasteiger partial charge in [-0.05, 0) is 0 Å². The lowest BCUT2D eigenvalue weighted by Crippen LogP contribution is -2.14. The van der Waals surface area contributed by atoms with Crippen molar-refractivity contribution < 1.29 is 23.1 Å². The van der Waals surface area contributed by atoms with E-state index in [1.807, 2.05) is 0 Å². The maximum Gasteiger partial charge on any atom is 0.329 e. The van der Waals surface area contributed by atoms with Crippen LogP contribution < -0.4 is 0 Å². The summed E-state index contributed by atoms with van der Waals surface area (Å²) in [6.07, 6.45) is 1.07. The van der Waals surface area contributed by atoms with Gasteiger partial charge in [0.1, 0.15) is 16.4 Å². The van der Waals surface area contributed by atoms with E-state index in [0.717, 1.165) is 6.26 Å². The third-order valence-corrected chi connectivity index (χ3v) is 1.73. The van der Waals surface area contributed by atoms with Crippen LogP contribution in [0.15, 0.2) is 0 Å². The minimum absolute atomic E-state index is 0.0644. The van der Waals surface area contributed by atoms with E-state index in [2.05, 4.69) is 4.74 Å². The normalized spacial score (nSPS) is 11.4. The van der Waals surface area contributed by atoms with Crippen molar-refractivity contribution in [2.45, 2.75) is 0 Å². The molecule has 0 atom stereocenters. The average Bonchev–Trinajstić information content (AvgIpc) is 1.78. The second-order valence-electron chi connectivity index (χ2n) is 2.08. The van der Waals surface area contributed by atoms with E-state index in [0.29, 0.717) is 0 Å². The monoisotopic (exact) mass is 182 g/mol. The second-order valence-corrected chi connectivity index (χ2v) is 4.34. The zero-order valence-electron chi connectivity index (χ0n) is 6.11. The average molecular weight is 182 g/mol. The topological polar surface area (TPSA) is 80.7 Å². The second kappa shape index (κ2) is 4.30. The Labute approximate surface area is 64.9 Å². The summed E-state index contributed by atoms with van der Waals surface area (Å²) in [5.74, 6) is -1.24. The van der Waals surface area contributed by atoms with E-state index in [4.69, 9.17) is 5.11 Å². The maximum absolute atomic E-state index is 10.4. The van der Waals surface area contributed by atoms with Crippen molar-refractivity contribution in [2.75, 3.05) is 25.2 Å². The fraction of sp³-hybridized carbons (Fsp3) is 0.800. The number of carboxylic acid groups (broad SMARTS) is 1. The standard InChI is InChI=1S/C5H10O5S/c1-11(8,9)3-2-10-4-5(6)7/h2-4H2,1H3,(H,6,7). The lowest BCUT2D eigenvalue weighted by Gasteiger charge is -1.98. The first-order valence-corrected chi connectivity index (χ1v) is 4.95. The van der Waals surface area contributed by atoms with E-state index in [9.17, 15) is 13.2 Å². The van der Waals surface area contributed by atoms with E-state index < -0.39 is 22.4 Å². The molecule has 0 unspecified atom stereocenters. The van der Waals surface area contributed by atoms with Crippen molar-refractivity contribution in [1.82, 2.24) is 0 Å². The number of ether oxygens (including phenoxy) is 1. The molecule has 1 N–H and O–H groups in total. The quantitative estimate of drug-likeness (QED) is 0.559. The van der Waals surface area contributed by atoms with Crippen LogP contribution in [0, 0.1) is 0 Å². The van der Waals surface area contributed by atoms with Crippen LogP contribution in [0.25, 0.3) is 0 Å². The summed E-state index contributed by atoms with van der Waals surface area (Å²) in [4.78, 5) is 9.85. The van der Waals surface area contributed by atoms with Gasteiger partial charge in [0.2, 0.25) is 0 Å². The molecule has 5 nitrogen and oxygen atoms in total. The zero-order chi connectivity index (χ0) is 8.91. The molecular weight excluding hydrogens is 172 g/mol. The van der Waals surface area contributed by atoms with Crippen LogP contribution in [0.5, 0.6) is 0 Å². The van der Waals surface area contributed by atoms with E-state index in [1.165, 1.54) is 0 Å². The SMILES string of the molecule is CS(=O)(=O)CCOCC(=O)O. The summed E-state index contributed by atoms with van der Waals surface area (Å²) in [7, 11) is -3.04. The molecule has 0 saturated heterocycles. The van der Waals surface area contributed by atoms with Crippen LogP contribution >= 0.6 is 0 Å². The highest BCUT2D eigenvalue weighted by molar-refractivity contribution is 7.90. The Bertz CT molecular complexity index is 217. The van der Waals surface area contributed by atoms with Crippen molar-refractivity contribution in [3.05, 3.63) is 0 Å². The smallest absolute Gasteiger partial charge is 0.329 e. The Morgan fingerprint density at radius 2 is 2.09 bits per heavy atom. The molecule has 0 aliphatic rings. The Kier molecular flexibility index (Phi) is 4.06. The summed E-state index contributed by atoms with van der Waals surface area (Å²) >= 11 is 0. The van der Waals surface area contributed by atoms with Crippen molar-refractivity contribution in [3.8, 4) is 0 Å². The van der Waals surface area contributed by atoms with Crippen LogP contribution in [-0.4, -0.2) is 44.7 Å². The maximum atomic E-state index is 10.4. The van der Waals surface area contributed by atoms with Gasteiger partial charge in [0.15, 0.2) is 0 Å². The molecule has 0 fully saturated rings. The summed E-state index contributed by atoms with van der Waals surface area (Å²) in [5.41, 5.74) is 0. The Balaban J connectivity index is 3.37. The van der Waals surface area contributed by atoms with E-state index >= 15 is 0 Å². The lowest BCUT2D eigenvalue weighted by molar-refractivity contribution is -0.142. The molecule has 0 aromatic rings. The van der Waals surface area contributed by atoms with E-state index in [1.54, 1.807) is 0 Å². The first-order chi connectivity index (χ1) is 4.92. The summed E-state index contributed by atoms with van der Waals surface area (Å²) < 4.78 is 25.4. The number of aliphatic carboxylic acids is 1.